The fraction of sp³-hybridized carbons (Fsp3) is 0.167. The Hall–Kier alpha value is -2.49. The van der Waals surface area contributed by atoms with E-state index >= 15 is 0 Å². The molecule has 0 bridgehead atoms. The largest absolute Gasteiger partial charge is 0.497 e. The molecular formula is C18H15ClN4OS. The number of aromatic nitrogens is 3. The van der Waals surface area contributed by atoms with Crippen LogP contribution in [0.3, 0.4) is 0 Å². The lowest BCUT2D eigenvalue weighted by atomic mass is 10.2. The molecule has 0 fully saturated rings. The summed E-state index contributed by atoms with van der Waals surface area (Å²) in [4.78, 5) is 0. The highest BCUT2D eigenvalue weighted by molar-refractivity contribution is 8.00. The van der Waals surface area contributed by atoms with Gasteiger partial charge in [-0.25, -0.2) is 0 Å². The molecular weight excluding hydrogens is 356 g/mol. The normalized spacial score (nSPS) is 11.8. The molecule has 0 saturated carbocycles. The smallest absolute Gasteiger partial charge is 0.197 e. The first-order valence-electron chi connectivity index (χ1n) is 7.54. The molecule has 0 aliphatic heterocycles. The molecule has 0 aliphatic rings. The first-order chi connectivity index (χ1) is 12.1. The molecule has 25 heavy (non-hydrogen) atoms. The Kier molecular flexibility index (Phi) is 5.27. The van der Waals surface area contributed by atoms with Gasteiger partial charge < -0.3 is 4.74 Å². The van der Waals surface area contributed by atoms with E-state index in [1.54, 1.807) is 7.11 Å². The first-order valence-corrected chi connectivity index (χ1v) is 8.80. The minimum Gasteiger partial charge on any atom is -0.497 e. The molecule has 1 heterocycles. The monoisotopic (exact) mass is 370 g/mol. The quantitative estimate of drug-likeness (QED) is 0.614. The molecule has 0 N–H and O–H groups in total. The molecule has 7 heteroatoms. The van der Waals surface area contributed by atoms with E-state index in [1.165, 1.54) is 11.8 Å². The molecule has 3 aromatic rings. The van der Waals surface area contributed by atoms with Gasteiger partial charge in [-0.05, 0) is 55.5 Å². The summed E-state index contributed by atoms with van der Waals surface area (Å²) in [5.74, 6) is 1.46. The molecule has 1 atom stereocenters. The Morgan fingerprint density at radius 3 is 2.40 bits per heavy atom. The van der Waals surface area contributed by atoms with Crippen molar-refractivity contribution in [2.24, 2.45) is 0 Å². The molecule has 2 aromatic carbocycles. The van der Waals surface area contributed by atoms with E-state index in [1.807, 2.05) is 60.0 Å². The van der Waals surface area contributed by atoms with Crippen LogP contribution < -0.4 is 4.74 Å². The van der Waals surface area contributed by atoms with Gasteiger partial charge in [0.25, 0.3) is 0 Å². The van der Waals surface area contributed by atoms with Crippen molar-refractivity contribution in [1.82, 2.24) is 14.8 Å². The summed E-state index contributed by atoms with van der Waals surface area (Å²) < 4.78 is 7.14. The van der Waals surface area contributed by atoms with Gasteiger partial charge in [0.05, 0.1) is 18.4 Å². The van der Waals surface area contributed by atoms with Crippen LogP contribution in [0.5, 0.6) is 5.75 Å². The lowest BCUT2D eigenvalue weighted by Gasteiger charge is -2.11. The molecule has 0 amide bonds. The minimum absolute atomic E-state index is 0.237. The number of benzene rings is 2. The van der Waals surface area contributed by atoms with Crippen molar-refractivity contribution < 1.29 is 4.74 Å². The Morgan fingerprint density at radius 2 is 1.80 bits per heavy atom. The third-order valence-corrected chi connectivity index (χ3v) is 4.72. The fourth-order valence-corrected chi connectivity index (χ4v) is 3.16. The van der Waals surface area contributed by atoms with E-state index < -0.39 is 0 Å². The summed E-state index contributed by atoms with van der Waals surface area (Å²) in [6.45, 7) is 1.83. The van der Waals surface area contributed by atoms with Crippen LogP contribution in [0.4, 0.5) is 0 Å². The van der Waals surface area contributed by atoms with E-state index in [2.05, 4.69) is 16.3 Å². The lowest BCUT2D eigenvalue weighted by molar-refractivity contribution is 0.415. The zero-order valence-corrected chi connectivity index (χ0v) is 15.3. The second-order valence-corrected chi connectivity index (χ2v) is 6.98. The van der Waals surface area contributed by atoms with Crippen molar-refractivity contribution in [3.8, 4) is 28.9 Å². The molecule has 0 aliphatic carbocycles. The molecule has 0 spiro atoms. The van der Waals surface area contributed by atoms with Gasteiger partial charge in [-0.1, -0.05) is 23.4 Å². The highest BCUT2D eigenvalue weighted by atomic mass is 35.5. The van der Waals surface area contributed by atoms with Crippen LogP contribution in [-0.4, -0.2) is 27.1 Å². The van der Waals surface area contributed by atoms with E-state index in [4.69, 9.17) is 21.6 Å². The van der Waals surface area contributed by atoms with Crippen molar-refractivity contribution >= 4 is 23.4 Å². The van der Waals surface area contributed by atoms with Crippen LogP contribution in [-0.2, 0) is 0 Å². The van der Waals surface area contributed by atoms with Crippen molar-refractivity contribution in [3.05, 3.63) is 53.6 Å². The van der Waals surface area contributed by atoms with Gasteiger partial charge in [0, 0.05) is 16.3 Å². The summed E-state index contributed by atoms with van der Waals surface area (Å²) in [6, 6.07) is 17.3. The predicted octanol–water partition coefficient (Wildman–Crippen LogP) is 4.60. The molecule has 3 rings (SSSR count). The number of hydrogen-bond acceptors (Lipinski definition) is 5. The lowest BCUT2D eigenvalue weighted by Crippen LogP contribution is -2.02. The van der Waals surface area contributed by atoms with Gasteiger partial charge in [-0.3, -0.25) is 4.57 Å². The molecule has 126 valence electrons. The van der Waals surface area contributed by atoms with Crippen molar-refractivity contribution in [2.75, 3.05) is 7.11 Å². The van der Waals surface area contributed by atoms with E-state index in [0.29, 0.717) is 16.0 Å². The average Bonchev–Trinajstić information content (AvgIpc) is 3.05. The van der Waals surface area contributed by atoms with Crippen LogP contribution >= 0.6 is 23.4 Å². The minimum atomic E-state index is -0.237. The zero-order valence-electron chi connectivity index (χ0n) is 13.7. The van der Waals surface area contributed by atoms with Crippen molar-refractivity contribution in [2.45, 2.75) is 17.3 Å². The van der Waals surface area contributed by atoms with Gasteiger partial charge in [-0.2, -0.15) is 5.26 Å². The number of hydrogen-bond donors (Lipinski definition) is 0. The Morgan fingerprint density at radius 1 is 1.12 bits per heavy atom. The van der Waals surface area contributed by atoms with E-state index in [9.17, 15) is 0 Å². The maximum absolute atomic E-state index is 9.12. The summed E-state index contributed by atoms with van der Waals surface area (Å²) in [5, 5.41) is 18.8. The highest BCUT2D eigenvalue weighted by Crippen LogP contribution is 2.31. The zero-order chi connectivity index (χ0) is 17.8. The Balaban J connectivity index is 2.11. The maximum Gasteiger partial charge on any atom is 0.197 e. The highest BCUT2D eigenvalue weighted by Gasteiger charge is 2.18. The molecule has 0 radical (unpaired) electrons. The number of nitrogens with zero attached hydrogens (tertiary/aromatic N) is 4. The third-order valence-electron chi connectivity index (χ3n) is 3.53. The summed E-state index contributed by atoms with van der Waals surface area (Å²) >= 11 is 7.37. The molecule has 0 saturated heterocycles. The number of halogens is 1. The second-order valence-electron chi connectivity index (χ2n) is 5.24. The van der Waals surface area contributed by atoms with Gasteiger partial charge in [0.1, 0.15) is 5.75 Å². The summed E-state index contributed by atoms with van der Waals surface area (Å²) in [5.41, 5.74) is 1.78. The van der Waals surface area contributed by atoms with E-state index in [-0.39, 0.29) is 5.25 Å². The van der Waals surface area contributed by atoms with Gasteiger partial charge in [0.15, 0.2) is 11.0 Å². The van der Waals surface area contributed by atoms with E-state index in [0.717, 1.165) is 17.0 Å². The second kappa shape index (κ2) is 7.60. The number of methoxy groups -OCH3 is 1. The van der Waals surface area contributed by atoms with Crippen LogP contribution in [0.15, 0.2) is 53.7 Å². The number of ether oxygens (including phenoxy) is 1. The Bertz CT molecular complexity index is 900. The maximum atomic E-state index is 9.12. The Labute approximate surface area is 155 Å². The number of nitriles is 1. The van der Waals surface area contributed by atoms with Gasteiger partial charge in [0.2, 0.25) is 0 Å². The fourth-order valence-electron chi connectivity index (χ4n) is 2.28. The van der Waals surface area contributed by atoms with Crippen LogP contribution in [0.25, 0.3) is 17.1 Å². The summed E-state index contributed by atoms with van der Waals surface area (Å²) in [7, 11) is 1.63. The van der Waals surface area contributed by atoms with Crippen LogP contribution in [0, 0.1) is 11.3 Å². The van der Waals surface area contributed by atoms with Gasteiger partial charge in [-0.15, -0.1) is 10.2 Å². The predicted molar refractivity (Wildman–Crippen MR) is 99.3 cm³/mol. The van der Waals surface area contributed by atoms with Crippen LogP contribution in [0.2, 0.25) is 5.02 Å². The topological polar surface area (TPSA) is 63.7 Å². The van der Waals surface area contributed by atoms with Gasteiger partial charge >= 0.3 is 0 Å². The number of thioether (sulfide) groups is 1. The average molecular weight is 371 g/mol. The third kappa shape index (κ3) is 3.78. The molecule has 1 aromatic heterocycles. The summed E-state index contributed by atoms with van der Waals surface area (Å²) in [6.07, 6.45) is 0. The standard InChI is InChI=1S/C18H15ClN4OS/c1-12(11-20)25-18-22-21-17(13-3-9-16(24-2)10-4-13)23(18)15-7-5-14(19)6-8-15/h3-10,12H,1-2H3. The number of rotatable bonds is 5. The first kappa shape index (κ1) is 17.3. The SMILES string of the molecule is COc1ccc(-c2nnc(SC(C)C#N)n2-c2ccc(Cl)cc2)cc1. The van der Waals surface area contributed by atoms with Crippen molar-refractivity contribution in [1.29, 1.82) is 5.26 Å². The van der Waals surface area contributed by atoms with Crippen molar-refractivity contribution in [3.63, 3.8) is 0 Å². The van der Waals surface area contributed by atoms with Crippen LogP contribution in [0.1, 0.15) is 6.92 Å². The molecule has 1 unspecified atom stereocenters. The molecule has 5 nitrogen and oxygen atoms in total.